The highest BCUT2D eigenvalue weighted by atomic mass is 32.2. The minimum absolute atomic E-state index is 0.0813. The van der Waals surface area contributed by atoms with Gasteiger partial charge in [0.05, 0.1) is 23.7 Å². The lowest BCUT2D eigenvalue weighted by Crippen LogP contribution is -2.25. The van der Waals surface area contributed by atoms with E-state index in [9.17, 15) is 13.2 Å². The first-order chi connectivity index (χ1) is 14.4. The summed E-state index contributed by atoms with van der Waals surface area (Å²) in [6.45, 7) is 2.82. The summed E-state index contributed by atoms with van der Waals surface area (Å²) >= 11 is 0. The van der Waals surface area contributed by atoms with Crippen molar-refractivity contribution in [1.29, 1.82) is 0 Å². The van der Waals surface area contributed by atoms with Gasteiger partial charge in [0.15, 0.2) is 6.29 Å². The molecular formula is C20H24N2O7S. The molecule has 9 nitrogen and oxygen atoms in total. The summed E-state index contributed by atoms with van der Waals surface area (Å²) in [6, 6.07) is 7.93. The van der Waals surface area contributed by atoms with Crippen LogP contribution in [0.25, 0.3) is 0 Å². The summed E-state index contributed by atoms with van der Waals surface area (Å²) in [5, 5.41) is 0. The van der Waals surface area contributed by atoms with Gasteiger partial charge in [-0.2, -0.15) is 13.4 Å². The lowest BCUT2D eigenvalue weighted by molar-refractivity contribution is -0.169. The Labute approximate surface area is 174 Å². The summed E-state index contributed by atoms with van der Waals surface area (Å²) in [4.78, 5) is 15.9. The number of ether oxygens (including phenoxy) is 3. The number of aryl methyl sites for hydroxylation is 1. The van der Waals surface area contributed by atoms with Crippen LogP contribution in [0.1, 0.15) is 30.5 Å². The molecule has 4 rings (SSSR count). The number of rotatable bonds is 7. The average molecular weight is 436 g/mol. The molecular weight excluding hydrogens is 412 g/mol. The van der Waals surface area contributed by atoms with Crippen molar-refractivity contribution in [3.8, 4) is 6.01 Å². The largest absolute Gasteiger partial charge is 0.457 e. The van der Waals surface area contributed by atoms with Gasteiger partial charge in [-0.3, -0.25) is 13.5 Å². The maximum atomic E-state index is 12.4. The molecule has 0 spiro atoms. The Morgan fingerprint density at radius 1 is 1.23 bits per heavy atom. The van der Waals surface area contributed by atoms with Gasteiger partial charge in [-0.1, -0.05) is 17.7 Å². The highest BCUT2D eigenvalue weighted by Crippen LogP contribution is 2.23. The van der Waals surface area contributed by atoms with Crippen molar-refractivity contribution in [2.24, 2.45) is 0 Å². The third kappa shape index (κ3) is 4.89. The fourth-order valence-corrected chi connectivity index (χ4v) is 4.31. The first-order valence-electron chi connectivity index (χ1n) is 9.87. The Hall–Kier alpha value is -2.27. The first kappa shape index (κ1) is 21.0. The Morgan fingerprint density at radius 3 is 2.77 bits per heavy atom. The van der Waals surface area contributed by atoms with Crippen LogP contribution in [-0.4, -0.2) is 43.6 Å². The van der Waals surface area contributed by atoms with E-state index >= 15 is 0 Å². The number of hydrogen-bond acceptors (Lipinski definition) is 8. The van der Waals surface area contributed by atoms with Crippen LogP contribution in [0.2, 0.25) is 0 Å². The number of fused-ring (bicyclic) bond motifs is 1. The minimum Gasteiger partial charge on any atom is -0.457 e. The summed E-state index contributed by atoms with van der Waals surface area (Å²) in [7, 11) is -3.91. The fourth-order valence-electron chi connectivity index (χ4n) is 3.37. The van der Waals surface area contributed by atoms with E-state index in [2.05, 4.69) is 4.98 Å². The van der Waals surface area contributed by atoms with Crippen molar-refractivity contribution in [3.05, 3.63) is 51.9 Å². The van der Waals surface area contributed by atoms with Gasteiger partial charge in [0, 0.05) is 12.7 Å². The van der Waals surface area contributed by atoms with Crippen molar-refractivity contribution < 1.29 is 26.8 Å². The third-order valence-corrected chi connectivity index (χ3v) is 6.30. The van der Waals surface area contributed by atoms with E-state index < -0.39 is 21.8 Å². The van der Waals surface area contributed by atoms with E-state index in [1.54, 1.807) is 16.7 Å². The Morgan fingerprint density at radius 2 is 2.03 bits per heavy atom. The van der Waals surface area contributed by atoms with Crippen LogP contribution >= 0.6 is 0 Å². The van der Waals surface area contributed by atoms with Crippen molar-refractivity contribution in [2.45, 2.75) is 56.6 Å². The maximum Gasteiger partial charge on any atom is 0.300 e. The zero-order valence-corrected chi connectivity index (χ0v) is 17.5. The Balaban J connectivity index is 1.40. The van der Waals surface area contributed by atoms with Crippen LogP contribution in [0.5, 0.6) is 6.01 Å². The maximum absolute atomic E-state index is 12.4. The van der Waals surface area contributed by atoms with Crippen LogP contribution in [0.15, 0.2) is 40.0 Å². The SMILES string of the molecule is Cc1ccc(S(=O)(=O)OC[C@@H]2Cn3c(COC4CCCCO4)cc(=O)nc3O2)cc1. The molecule has 0 saturated carbocycles. The van der Waals surface area contributed by atoms with Crippen LogP contribution in [0, 0.1) is 6.92 Å². The lowest BCUT2D eigenvalue weighted by atomic mass is 10.2. The normalized spacial score (nSPS) is 21.2. The second kappa shape index (κ2) is 8.84. The molecule has 2 aliphatic heterocycles. The first-order valence-corrected chi connectivity index (χ1v) is 11.3. The second-order valence-electron chi connectivity index (χ2n) is 7.38. The van der Waals surface area contributed by atoms with E-state index in [0.717, 1.165) is 24.8 Å². The number of hydrogen-bond donors (Lipinski definition) is 0. The zero-order valence-electron chi connectivity index (χ0n) is 16.7. The van der Waals surface area contributed by atoms with E-state index in [1.807, 2.05) is 6.92 Å². The van der Waals surface area contributed by atoms with Crippen molar-refractivity contribution in [3.63, 3.8) is 0 Å². The van der Waals surface area contributed by atoms with Crippen LogP contribution in [-0.2, 0) is 36.9 Å². The smallest absolute Gasteiger partial charge is 0.300 e. The van der Waals surface area contributed by atoms with Crippen LogP contribution < -0.4 is 10.3 Å². The quantitative estimate of drug-likeness (QED) is 0.605. The topological polar surface area (TPSA) is 106 Å². The van der Waals surface area contributed by atoms with E-state index in [1.165, 1.54) is 18.2 Å². The van der Waals surface area contributed by atoms with Gasteiger partial charge >= 0.3 is 6.01 Å². The molecule has 2 atom stereocenters. The highest BCUT2D eigenvalue weighted by molar-refractivity contribution is 7.86. The van der Waals surface area contributed by atoms with Gasteiger partial charge in [0.25, 0.3) is 15.7 Å². The van der Waals surface area contributed by atoms with E-state index in [-0.39, 0.29) is 30.4 Å². The molecule has 162 valence electrons. The predicted molar refractivity (Wildman–Crippen MR) is 106 cm³/mol. The Bertz CT molecular complexity index is 1040. The number of aromatic nitrogens is 2. The molecule has 2 aromatic rings. The van der Waals surface area contributed by atoms with Crippen molar-refractivity contribution in [1.82, 2.24) is 9.55 Å². The molecule has 1 unspecified atom stereocenters. The van der Waals surface area contributed by atoms with Gasteiger partial charge in [-0.25, -0.2) is 0 Å². The van der Waals surface area contributed by atoms with Crippen LogP contribution in [0.3, 0.4) is 0 Å². The third-order valence-electron chi connectivity index (χ3n) is 5.01. The molecule has 0 amide bonds. The lowest BCUT2D eigenvalue weighted by Gasteiger charge is -2.23. The number of benzene rings is 1. The molecule has 1 aromatic carbocycles. The average Bonchev–Trinajstić information content (AvgIpc) is 3.14. The minimum atomic E-state index is -3.91. The van der Waals surface area contributed by atoms with Crippen molar-refractivity contribution in [2.75, 3.05) is 13.2 Å². The number of nitrogens with zero attached hydrogens (tertiary/aromatic N) is 2. The fraction of sp³-hybridized carbons (Fsp3) is 0.500. The molecule has 1 saturated heterocycles. The summed E-state index contributed by atoms with van der Waals surface area (Å²) in [5.41, 5.74) is 1.11. The summed E-state index contributed by atoms with van der Waals surface area (Å²) < 4.78 is 48.6. The summed E-state index contributed by atoms with van der Waals surface area (Å²) in [6.07, 6.45) is 1.98. The Kier molecular flexibility index (Phi) is 6.19. The van der Waals surface area contributed by atoms with Gasteiger partial charge in [0.1, 0.15) is 12.7 Å². The van der Waals surface area contributed by atoms with E-state index in [4.69, 9.17) is 18.4 Å². The summed E-state index contributed by atoms with van der Waals surface area (Å²) in [5.74, 6) is 0. The molecule has 30 heavy (non-hydrogen) atoms. The predicted octanol–water partition coefficient (Wildman–Crippen LogP) is 1.76. The van der Waals surface area contributed by atoms with Crippen LogP contribution in [0.4, 0.5) is 0 Å². The molecule has 0 N–H and O–H groups in total. The standard InChI is InChI=1S/C20H24N2O7S/c1-14-5-7-17(8-6-14)30(24,25)28-13-16-11-22-15(10-18(23)21-20(22)29-16)12-27-19-4-2-3-9-26-19/h5-8,10,16,19H,2-4,9,11-13H2,1H3/t16-,19?/m0/s1. The monoisotopic (exact) mass is 436 g/mol. The van der Waals surface area contributed by atoms with Gasteiger partial charge in [-0.15, -0.1) is 0 Å². The molecule has 2 aliphatic rings. The molecule has 0 bridgehead atoms. The van der Waals surface area contributed by atoms with Gasteiger partial charge < -0.3 is 14.2 Å². The second-order valence-corrected chi connectivity index (χ2v) is 8.99. The molecule has 0 radical (unpaired) electrons. The highest BCUT2D eigenvalue weighted by Gasteiger charge is 2.29. The molecule has 1 aromatic heterocycles. The molecule has 3 heterocycles. The van der Waals surface area contributed by atoms with Crippen molar-refractivity contribution >= 4 is 10.1 Å². The molecule has 0 aliphatic carbocycles. The zero-order chi connectivity index (χ0) is 21.1. The van der Waals surface area contributed by atoms with E-state index in [0.29, 0.717) is 18.8 Å². The molecule has 10 heteroatoms. The van der Waals surface area contributed by atoms with Gasteiger partial charge in [0.2, 0.25) is 0 Å². The van der Waals surface area contributed by atoms with Gasteiger partial charge in [-0.05, 0) is 38.3 Å². The molecule has 1 fully saturated rings.